The Labute approximate surface area is 124 Å². The fourth-order valence-corrected chi connectivity index (χ4v) is 3.00. The number of carboxylic acid groups (broad SMARTS) is 1. The largest absolute Gasteiger partial charge is 0.478 e. The quantitative estimate of drug-likeness (QED) is 0.786. The van der Waals surface area contributed by atoms with Crippen LogP contribution in [-0.2, 0) is 0 Å². The minimum Gasteiger partial charge on any atom is -0.478 e. The van der Waals surface area contributed by atoms with Crippen LogP contribution in [0.15, 0.2) is 64.5 Å². The van der Waals surface area contributed by atoms with E-state index in [0.29, 0.717) is 4.90 Å². The van der Waals surface area contributed by atoms with Crippen molar-refractivity contribution in [2.45, 2.75) is 9.79 Å². The van der Waals surface area contributed by atoms with Gasteiger partial charge in [-0.1, -0.05) is 30.0 Å². The Hall–Kier alpha value is -2.40. The third-order valence-electron chi connectivity index (χ3n) is 3.01. The van der Waals surface area contributed by atoms with Crippen LogP contribution >= 0.6 is 11.8 Å². The van der Waals surface area contributed by atoms with Crippen LogP contribution in [0.25, 0.3) is 10.9 Å². The average Bonchev–Trinajstić information content (AvgIpc) is 2.49. The highest BCUT2D eigenvalue weighted by Crippen LogP contribution is 2.33. The number of aromatic carboxylic acids is 1. The van der Waals surface area contributed by atoms with Crippen molar-refractivity contribution in [2.75, 3.05) is 0 Å². The monoisotopic (exact) mass is 299 g/mol. The van der Waals surface area contributed by atoms with Crippen molar-refractivity contribution >= 4 is 28.6 Å². The number of nitrogens with zero attached hydrogens (tertiary/aromatic N) is 1. The molecule has 0 saturated heterocycles. The molecule has 3 nitrogen and oxygen atoms in total. The third-order valence-corrected chi connectivity index (χ3v) is 4.07. The van der Waals surface area contributed by atoms with Crippen LogP contribution in [0.4, 0.5) is 4.39 Å². The summed E-state index contributed by atoms with van der Waals surface area (Å²) >= 11 is 1.39. The number of para-hydroxylation sites is 1. The number of fused-ring (bicyclic) bond motifs is 1. The molecule has 0 unspecified atom stereocenters. The summed E-state index contributed by atoms with van der Waals surface area (Å²) in [5.41, 5.74) is 0.543. The van der Waals surface area contributed by atoms with E-state index in [-0.39, 0.29) is 5.56 Å². The number of aromatic nitrogens is 1. The first kappa shape index (κ1) is 13.6. The van der Waals surface area contributed by atoms with Gasteiger partial charge in [-0.05, 0) is 30.3 Å². The van der Waals surface area contributed by atoms with Gasteiger partial charge in [-0.15, -0.1) is 0 Å². The second-order valence-electron chi connectivity index (χ2n) is 4.38. The summed E-state index contributed by atoms with van der Waals surface area (Å²) in [5, 5.41) is 9.95. The predicted molar refractivity (Wildman–Crippen MR) is 79.2 cm³/mol. The van der Waals surface area contributed by atoms with Crippen molar-refractivity contribution in [3.63, 3.8) is 0 Å². The topological polar surface area (TPSA) is 50.2 Å². The van der Waals surface area contributed by atoms with E-state index in [1.807, 2.05) is 30.3 Å². The van der Waals surface area contributed by atoms with Crippen molar-refractivity contribution in [2.24, 2.45) is 0 Å². The fraction of sp³-hybridized carbons (Fsp3) is 0. The molecule has 1 heterocycles. The Kier molecular flexibility index (Phi) is 3.58. The van der Waals surface area contributed by atoms with Crippen molar-refractivity contribution < 1.29 is 14.3 Å². The van der Waals surface area contributed by atoms with Gasteiger partial charge >= 0.3 is 5.97 Å². The van der Waals surface area contributed by atoms with E-state index >= 15 is 0 Å². The zero-order valence-electron chi connectivity index (χ0n) is 10.8. The minimum atomic E-state index is -1.27. The van der Waals surface area contributed by atoms with E-state index in [9.17, 15) is 9.18 Å². The molecule has 0 fully saturated rings. The van der Waals surface area contributed by atoms with E-state index in [2.05, 4.69) is 4.98 Å². The molecule has 21 heavy (non-hydrogen) atoms. The van der Waals surface area contributed by atoms with E-state index in [0.717, 1.165) is 15.8 Å². The van der Waals surface area contributed by atoms with Crippen molar-refractivity contribution in [3.8, 4) is 0 Å². The average molecular weight is 299 g/mol. The molecular formula is C16H10FNO2S. The smallest absolute Gasteiger partial charge is 0.338 e. The van der Waals surface area contributed by atoms with Crippen LogP contribution in [0.5, 0.6) is 0 Å². The van der Waals surface area contributed by atoms with E-state index < -0.39 is 11.8 Å². The molecule has 0 atom stereocenters. The number of rotatable bonds is 3. The minimum absolute atomic E-state index is 0.321. The molecule has 3 aromatic rings. The number of hydrogen-bond donors (Lipinski definition) is 1. The second-order valence-corrected chi connectivity index (χ2v) is 5.49. The highest BCUT2D eigenvalue weighted by atomic mass is 32.2. The molecule has 0 spiro atoms. The molecule has 0 saturated carbocycles. The van der Waals surface area contributed by atoms with Crippen LogP contribution in [0.1, 0.15) is 10.4 Å². The molecule has 0 aliphatic carbocycles. The summed E-state index contributed by atoms with van der Waals surface area (Å²) in [6, 6.07) is 13.6. The highest BCUT2D eigenvalue weighted by Gasteiger charge is 2.12. The summed E-state index contributed by atoms with van der Waals surface area (Å²) in [7, 11) is 0. The molecule has 0 aliphatic heterocycles. The second kappa shape index (κ2) is 5.54. The molecular weight excluding hydrogens is 289 g/mol. The van der Waals surface area contributed by atoms with Gasteiger partial charge in [0.1, 0.15) is 5.82 Å². The van der Waals surface area contributed by atoms with Gasteiger partial charge in [-0.2, -0.15) is 0 Å². The van der Waals surface area contributed by atoms with Gasteiger partial charge in [0.2, 0.25) is 0 Å². The lowest BCUT2D eigenvalue weighted by Gasteiger charge is -2.07. The first-order valence-corrected chi connectivity index (χ1v) is 7.01. The zero-order chi connectivity index (χ0) is 14.8. The van der Waals surface area contributed by atoms with Crippen LogP contribution in [0, 0.1) is 5.82 Å². The van der Waals surface area contributed by atoms with Gasteiger partial charge in [-0.25, -0.2) is 9.18 Å². The third kappa shape index (κ3) is 2.73. The molecule has 5 heteroatoms. The normalized spacial score (nSPS) is 10.7. The summed E-state index contributed by atoms with van der Waals surface area (Å²) < 4.78 is 13.4. The molecule has 0 amide bonds. The molecule has 0 aliphatic rings. The first-order chi connectivity index (χ1) is 10.1. The van der Waals surface area contributed by atoms with Gasteiger partial charge in [0.15, 0.2) is 0 Å². The molecule has 2 aromatic carbocycles. The van der Waals surface area contributed by atoms with E-state index in [1.54, 1.807) is 12.3 Å². The van der Waals surface area contributed by atoms with Gasteiger partial charge in [0, 0.05) is 21.4 Å². The van der Waals surface area contributed by atoms with E-state index in [1.165, 1.54) is 23.9 Å². The molecule has 1 N–H and O–H groups in total. The Balaban J connectivity index is 2.03. The maximum absolute atomic E-state index is 13.4. The Bertz CT molecular complexity index is 830. The lowest BCUT2D eigenvalue weighted by molar-refractivity contribution is 0.0691. The Morgan fingerprint density at radius 3 is 2.76 bits per heavy atom. The summed E-state index contributed by atoms with van der Waals surface area (Å²) in [6.07, 6.45) is 1.70. The Morgan fingerprint density at radius 1 is 1.14 bits per heavy atom. The molecule has 0 radical (unpaired) electrons. The van der Waals surface area contributed by atoms with Crippen LogP contribution in [0.3, 0.4) is 0 Å². The van der Waals surface area contributed by atoms with Crippen molar-refractivity contribution in [3.05, 3.63) is 66.1 Å². The number of carboxylic acids is 1. The summed E-state index contributed by atoms with van der Waals surface area (Å²) in [4.78, 5) is 16.9. The SMILES string of the molecule is O=C(O)c1cc(Sc2ccnc3ccccc23)ccc1F. The lowest BCUT2D eigenvalue weighted by Crippen LogP contribution is -2.00. The van der Waals surface area contributed by atoms with E-state index in [4.69, 9.17) is 5.11 Å². The highest BCUT2D eigenvalue weighted by molar-refractivity contribution is 7.99. The van der Waals surface area contributed by atoms with Crippen molar-refractivity contribution in [1.29, 1.82) is 0 Å². The fourth-order valence-electron chi connectivity index (χ4n) is 2.02. The van der Waals surface area contributed by atoms with Crippen LogP contribution in [-0.4, -0.2) is 16.1 Å². The van der Waals surface area contributed by atoms with Crippen LogP contribution in [0.2, 0.25) is 0 Å². The maximum atomic E-state index is 13.4. The lowest BCUT2D eigenvalue weighted by atomic mass is 10.2. The standard InChI is InChI=1S/C16H10FNO2S/c17-13-6-5-10(9-12(13)16(19)20)21-15-7-8-18-14-4-2-1-3-11(14)15/h1-9H,(H,19,20). The van der Waals surface area contributed by atoms with Gasteiger partial charge in [0.25, 0.3) is 0 Å². The summed E-state index contributed by atoms with van der Waals surface area (Å²) in [5.74, 6) is -2.00. The molecule has 0 bridgehead atoms. The maximum Gasteiger partial charge on any atom is 0.338 e. The van der Waals surface area contributed by atoms with Gasteiger partial charge < -0.3 is 5.11 Å². The van der Waals surface area contributed by atoms with Gasteiger partial charge in [-0.3, -0.25) is 4.98 Å². The van der Waals surface area contributed by atoms with Crippen molar-refractivity contribution in [1.82, 2.24) is 4.98 Å². The van der Waals surface area contributed by atoms with Gasteiger partial charge in [0.05, 0.1) is 11.1 Å². The molecule has 1 aromatic heterocycles. The number of carbonyl (C=O) groups is 1. The number of benzene rings is 2. The summed E-state index contributed by atoms with van der Waals surface area (Å²) in [6.45, 7) is 0. The predicted octanol–water partition coefficient (Wildman–Crippen LogP) is 4.22. The Morgan fingerprint density at radius 2 is 1.95 bits per heavy atom. The first-order valence-electron chi connectivity index (χ1n) is 6.19. The zero-order valence-corrected chi connectivity index (χ0v) is 11.6. The number of pyridine rings is 1. The number of halogens is 1. The number of hydrogen-bond acceptors (Lipinski definition) is 3. The molecule has 104 valence electrons. The van der Waals surface area contributed by atoms with Crippen LogP contribution < -0.4 is 0 Å². The molecule has 3 rings (SSSR count).